The van der Waals surface area contributed by atoms with Crippen molar-refractivity contribution in [1.29, 1.82) is 0 Å². The van der Waals surface area contributed by atoms with Crippen LogP contribution in [0.25, 0.3) is 0 Å². The summed E-state index contributed by atoms with van der Waals surface area (Å²) in [6.45, 7) is 3.07. The second-order valence-electron chi connectivity index (χ2n) is 6.43. The smallest absolute Gasteiger partial charge is 0.234 e. The van der Waals surface area contributed by atoms with Crippen molar-refractivity contribution in [3.05, 3.63) is 0 Å². The van der Waals surface area contributed by atoms with Crippen LogP contribution in [-0.2, 0) is 9.59 Å². The first-order valence-electron chi connectivity index (χ1n) is 8.18. The van der Waals surface area contributed by atoms with Gasteiger partial charge in [-0.3, -0.25) is 14.5 Å². The van der Waals surface area contributed by atoms with Crippen molar-refractivity contribution in [2.75, 3.05) is 13.1 Å². The fourth-order valence-corrected chi connectivity index (χ4v) is 3.54. The Kier molecular flexibility index (Phi) is 6.02. The van der Waals surface area contributed by atoms with Crippen LogP contribution >= 0.6 is 0 Å². The Hall–Kier alpha value is -0.900. The predicted octanol–water partition coefficient (Wildman–Crippen LogP) is 2.27. The number of likely N-dealkylation sites (tertiary alicyclic amines) is 1. The SMILES string of the molecule is CC(=O)CC1CCCCN1CC(=O)NC1CCCCC1. The Bertz CT molecular complexity index is 337. The molecule has 114 valence electrons. The predicted molar refractivity (Wildman–Crippen MR) is 79.5 cm³/mol. The van der Waals surface area contributed by atoms with Gasteiger partial charge in [-0.05, 0) is 39.2 Å². The van der Waals surface area contributed by atoms with Crippen LogP contribution in [0.4, 0.5) is 0 Å². The molecule has 1 saturated heterocycles. The molecule has 1 saturated carbocycles. The summed E-state index contributed by atoms with van der Waals surface area (Å²) in [4.78, 5) is 25.7. The molecule has 2 rings (SSSR count). The zero-order chi connectivity index (χ0) is 14.4. The number of carbonyl (C=O) groups excluding carboxylic acids is 2. The fraction of sp³-hybridized carbons (Fsp3) is 0.875. The molecule has 1 aliphatic carbocycles. The van der Waals surface area contributed by atoms with Crippen LogP contribution in [0.15, 0.2) is 0 Å². The Balaban J connectivity index is 1.79. The number of nitrogens with zero attached hydrogens (tertiary/aromatic N) is 1. The second kappa shape index (κ2) is 7.77. The normalized spacial score (nSPS) is 25.4. The highest BCUT2D eigenvalue weighted by molar-refractivity contribution is 5.79. The van der Waals surface area contributed by atoms with E-state index in [1.54, 1.807) is 6.92 Å². The number of piperidine rings is 1. The fourth-order valence-electron chi connectivity index (χ4n) is 3.54. The Morgan fingerprint density at radius 3 is 2.45 bits per heavy atom. The topological polar surface area (TPSA) is 49.4 Å². The Morgan fingerprint density at radius 1 is 1.05 bits per heavy atom. The van der Waals surface area contributed by atoms with Crippen LogP contribution in [0.1, 0.15) is 64.7 Å². The van der Waals surface area contributed by atoms with Gasteiger partial charge in [0.1, 0.15) is 5.78 Å². The summed E-state index contributed by atoms with van der Waals surface area (Å²) < 4.78 is 0. The van der Waals surface area contributed by atoms with Gasteiger partial charge >= 0.3 is 0 Å². The van der Waals surface area contributed by atoms with Crippen molar-refractivity contribution in [3.8, 4) is 0 Å². The average Bonchev–Trinajstić information content (AvgIpc) is 2.41. The van der Waals surface area contributed by atoms with Crippen LogP contribution < -0.4 is 5.32 Å². The molecule has 1 unspecified atom stereocenters. The molecular weight excluding hydrogens is 252 g/mol. The average molecular weight is 280 g/mol. The summed E-state index contributed by atoms with van der Waals surface area (Å²) in [6.07, 6.45) is 10.0. The molecule has 2 fully saturated rings. The Labute approximate surface area is 122 Å². The third-order valence-electron chi connectivity index (χ3n) is 4.59. The minimum absolute atomic E-state index is 0.146. The van der Waals surface area contributed by atoms with E-state index in [4.69, 9.17) is 0 Å². The number of carbonyl (C=O) groups is 2. The minimum Gasteiger partial charge on any atom is -0.352 e. The van der Waals surface area contributed by atoms with Gasteiger partial charge in [-0.1, -0.05) is 25.7 Å². The maximum atomic E-state index is 12.2. The summed E-state index contributed by atoms with van der Waals surface area (Å²) in [7, 11) is 0. The monoisotopic (exact) mass is 280 g/mol. The number of nitrogens with one attached hydrogen (secondary N) is 1. The van der Waals surface area contributed by atoms with Gasteiger partial charge in [-0.15, -0.1) is 0 Å². The van der Waals surface area contributed by atoms with E-state index < -0.39 is 0 Å². The molecule has 0 aromatic heterocycles. The van der Waals surface area contributed by atoms with Crippen molar-refractivity contribution in [3.63, 3.8) is 0 Å². The molecule has 1 heterocycles. The molecule has 0 radical (unpaired) electrons. The molecule has 1 aliphatic heterocycles. The maximum absolute atomic E-state index is 12.2. The van der Waals surface area contributed by atoms with Gasteiger partial charge in [-0.25, -0.2) is 0 Å². The van der Waals surface area contributed by atoms with E-state index in [9.17, 15) is 9.59 Å². The van der Waals surface area contributed by atoms with Crippen LogP contribution in [0, 0.1) is 0 Å². The summed E-state index contributed by atoms with van der Waals surface area (Å²) in [5.74, 6) is 0.377. The number of ketones is 1. The van der Waals surface area contributed by atoms with Crippen LogP contribution in [0.5, 0.6) is 0 Å². The van der Waals surface area contributed by atoms with Crippen LogP contribution in [0.2, 0.25) is 0 Å². The van der Waals surface area contributed by atoms with E-state index >= 15 is 0 Å². The van der Waals surface area contributed by atoms with Gasteiger partial charge in [0.25, 0.3) is 0 Å². The molecular formula is C16H28N2O2. The number of rotatable bonds is 5. The standard InChI is InChI=1S/C16H28N2O2/c1-13(19)11-15-9-5-6-10-18(15)12-16(20)17-14-7-3-2-4-8-14/h14-15H,2-12H2,1H3,(H,17,20). The van der Waals surface area contributed by atoms with E-state index in [0.29, 0.717) is 19.0 Å². The highest BCUT2D eigenvalue weighted by Gasteiger charge is 2.26. The van der Waals surface area contributed by atoms with Gasteiger partial charge in [0.05, 0.1) is 6.54 Å². The van der Waals surface area contributed by atoms with Gasteiger partial charge < -0.3 is 5.32 Å². The first-order valence-corrected chi connectivity index (χ1v) is 8.18. The van der Waals surface area contributed by atoms with Crippen LogP contribution in [-0.4, -0.2) is 41.8 Å². The highest BCUT2D eigenvalue weighted by atomic mass is 16.2. The lowest BCUT2D eigenvalue weighted by Crippen LogP contribution is -2.48. The van der Waals surface area contributed by atoms with Crippen molar-refractivity contribution in [1.82, 2.24) is 10.2 Å². The molecule has 1 N–H and O–H groups in total. The summed E-state index contributed by atoms with van der Waals surface area (Å²) >= 11 is 0. The van der Waals surface area contributed by atoms with E-state index in [1.165, 1.54) is 25.7 Å². The number of hydrogen-bond donors (Lipinski definition) is 1. The highest BCUT2D eigenvalue weighted by Crippen LogP contribution is 2.20. The molecule has 4 nitrogen and oxygen atoms in total. The summed E-state index contributed by atoms with van der Waals surface area (Å²) in [6, 6.07) is 0.658. The van der Waals surface area contributed by atoms with Crippen molar-refractivity contribution < 1.29 is 9.59 Å². The van der Waals surface area contributed by atoms with Crippen LogP contribution in [0.3, 0.4) is 0 Å². The Morgan fingerprint density at radius 2 is 1.75 bits per heavy atom. The van der Waals surface area contributed by atoms with Gasteiger partial charge in [0.15, 0.2) is 0 Å². The molecule has 0 aromatic carbocycles. The van der Waals surface area contributed by atoms with Gasteiger partial charge in [-0.2, -0.15) is 0 Å². The summed E-state index contributed by atoms with van der Waals surface area (Å²) in [5, 5.41) is 3.17. The van der Waals surface area contributed by atoms with Gasteiger partial charge in [0.2, 0.25) is 5.91 Å². The summed E-state index contributed by atoms with van der Waals surface area (Å²) in [5.41, 5.74) is 0. The molecule has 20 heavy (non-hydrogen) atoms. The third-order valence-corrected chi connectivity index (χ3v) is 4.59. The first kappa shape index (κ1) is 15.5. The quantitative estimate of drug-likeness (QED) is 0.840. The molecule has 0 bridgehead atoms. The van der Waals surface area contributed by atoms with Gasteiger partial charge in [0, 0.05) is 18.5 Å². The lowest BCUT2D eigenvalue weighted by molar-refractivity contribution is -0.125. The molecule has 1 atom stereocenters. The van der Waals surface area contributed by atoms with E-state index in [0.717, 1.165) is 32.2 Å². The number of hydrogen-bond acceptors (Lipinski definition) is 3. The zero-order valence-corrected chi connectivity index (χ0v) is 12.7. The molecule has 0 spiro atoms. The van der Waals surface area contributed by atoms with Crippen molar-refractivity contribution in [2.24, 2.45) is 0 Å². The molecule has 4 heteroatoms. The first-order chi connectivity index (χ1) is 9.65. The van der Waals surface area contributed by atoms with E-state index in [2.05, 4.69) is 10.2 Å². The van der Waals surface area contributed by atoms with Crippen molar-refractivity contribution >= 4 is 11.7 Å². The molecule has 2 aliphatic rings. The number of Topliss-reactive ketones (excluding diaryl/α,β-unsaturated/α-hetero) is 1. The largest absolute Gasteiger partial charge is 0.352 e. The molecule has 1 amide bonds. The second-order valence-corrected chi connectivity index (χ2v) is 6.43. The third kappa shape index (κ3) is 4.89. The molecule has 0 aromatic rings. The lowest BCUT2D eigenvalue weighted by Gasteiger charge is -2.35. The zero-order valence-electron chi connectivity index (χ0n) is 12.7. The van der Waals surface area contributed by atoms with E-state index in [-0.39, 0.29) is 17.7 Å². The number of amides is 1. The lowest BCUT2D eigenvalue weighted by atomic mass is 9.95. The minimum atomic E-state index is 0.146. The van der Waals surface area contributed by atoms with Crippen molar-refractivity contribution in [2.45, 2.75) is 76.8 Å². The van der Waals surface area contributed by atoms with E-state index in [1.807, 2.05) is 0 Å². The maximum Gasteiger partial charge on any atom is 0.234 e.